The molecule has 0 radical (unpaired) electrons. The lowest BCUT2D eigenvalue weighted by Gasteiger charge is -2.11. The van der Waals surface area contributed by atoms with Crippen molar-refractivity contribution >= 4 is 5.91 Å². The molecule has 3 heteroatoms. The summed E-state index contributed by atoms with van der Waals surface area (Å²) in [5.74, 6) is -0.0744. The zero-order chi connectivity index (χ0) is 10.1. The minimum atomic E-state index is -0.524. The highest BCUT2D eigenvalue weighted by Crippen LogP contribution is 2.25. The van der Waals surface area contributed by atoms with Gasteiger partial charge in [-0.1, -0.05) is 18.2 Å². The average molecular weight is 191 g/mol. The van der Waals surface area contributed by atoms with Crippen LogP contribution < -0.4 is 5.32 Å². The second-order valence-corrected chi connectivity index (χ2v) is 3.60. The second kappa shape index (κ2) is 3.42. The van der Waals surface area contributed by atoms with Crippen molar-refractivity contribution in [2.45, 2.75) is 19.4 Å². The fourth-order valence-electron chi connectivity index (χ4n) is 1.84. The monoisotopic (exact) mass is 191 g/mol. The van der Waals surface area contributed by atoms with Gasteiger partial charge < -0.3 is 10.4 Å². The molecule has 1 aliphatic heterocycles. The minimum absolute atomic E-state index is 0.0744. The van der Waals surface area contributed by atoms with Crippen molar-refractivity contribution in [1.29, 1.82) is 0 Å². The number of aliphatic hydroxyl groups excluding tert-OH is 1. The van der Waals surface area contributed by atoms with Crippen molar-refractivity contribution < 1.29 is 9.90 Å². The maximum Gasteiger partial charge on any atom is 0.251 e. The van der Waals surface area contributed by atoms with Crippen LogP contribution in [-0.4, -0.2) is 17.6 Å². The number of nitrogens with one attached hydrogen (secondary N) is 1. The molecule has 74 valence electrons. The molecule has 0 bridgehead atoms. The van der Waals surface area contributed by atoms with Crippen molar-refractivity contribution in [3.8, 4) is 0 Å². The van der Waals surface area contributed by atoms with Crippen LogP contribution in [0, 0.1) is 6.92 Å². The molecule has 3 nitrogen and oxygen atoms in total. The molecule has 1 aliphatic rings. The molecule has 1 heterocycles. The van der Waals surface area contributed by atoms with E-state index in [0.29, 0.717) is 18.5 Å². The molecule has 0 aliphatic carbocycles. The van der Waals surface area contributed by atoms with Gasteiger partial charge in [0.25, 0.3) is 5.91 Å². The Hall–Kier alpha value is -1.35. The Morgan fingerprint density at radius 3 is 3.07 bits per heavy atom. The van der Waals surface area contributed by atoms with Crippen LogP contribution in [0.4, 0.5) is 0 Å². The SMILES string of the molecule is Cc1cccc2c1C(=O)NCCC2O. The van der Waals surface area contributed by atoms with E-state index in [1.54, 1.807) is 0 Å². The molecule has 0 saturated heterocycles. The Morgan fingerprint density at radius 1 is 1.50 bits per heavy atom. The minimum Gasteiger partial charge on any atom is -0.388 e. The highest BCUT2D eigenvalue weighted by molar-refractivity contribution is 5.97. The molecule has 2 N–H and O–H groups in total. The Balaban J connectivity index is 2.59. The van der Waals surface area contributed by atoms with E-state index in [0.717, 1.165) is 11.1 Å². The number of aliphatic hydroxyl groups is 1. The summed E-state index contributed by atoms with van der Waals surface area (Å²) in [6.45, 7) is 2.42. The van der Waals surface area contributed by atoms with E-state index >= 15 is 0 Å². The molecule has 0 spiro atoms. The van der Waals surface area contributed by atoms with E-state index in [1.807, 2.05) is 25.1 Å². The first-order valence-electron chi connectivity index (χ1n) is 4.76. The number of rotatable bonds is 0. The van der Waals surface area contributed by atoms with Gasteiger partial charge in [-0.3, -0.25) is 4.79 Å². The number of aryl methyl sites for hydroxylation is 1. The first-order valence-corrected chi connectivity index (χ1v) is 4.76. The average Bonchev–Trinajstić information content (AvgIpc) is 2.29. The molecule has 1 unspecified atom stereocenters. The van der Waals surface area contributed by atoms with E-state index in [9.17, 15) is 9.90 Å². The lowest BCUT2D eigenvalue weighted by atomic mass is 9.97. The summed E-state index contributed by atoms with van der Waals surface area (Å²) in [6, 6.07) is 5.57. The summed E-state index contributed by atoms with van der Waals surface area (Å²) in [6.07, 6.45) is 0.0613. The summed E-state index contributed by atoms with van der Waals surface area (Å²) >= 11 is 0. The molecule has 1 aromatic rings. The summed E-state index contributed by atoms with van der Waals surface area (Å²) in [5, 5.41) is 12.6. The predicted molar refractivity (Wildman–Crippen MR) is 53.1 cm³/mol. The van der Waals surface area contributed by atoms with Crippen molar-refractivity contribution in [2.75, 3.05) is 6.54 Å². The summed E-state index contributed by atoms with van der Waals surface area (Å²) in [5.41, 5.74) is 2.30. The first-order chi connectivity index (χ1) is 6.70. The number of hydrogen-bond acceptors (Lipinski definition) is 2. The van der Waals surface area contributed by atoms with Crippen LogP contribution in [0.3, 0.4) is 0 Å². The van der Waals surface area contributed by atoms with Crippen molar-refractivity contribution in [3.05, 3.63) is 34.9 Å². The van der Waals surface area contributed by atoms with E-state index in [2.05, 4.69) is 5.32 Å². The topological polar surface area (TPSA) is 49.3 Å². The van der Waals surface area contributed by atoms with Gasteiger partial charge in [0.1, 0.15) is 0 Å². The number of carbonyl (C=O) groups is 1. The molecule has 1 amide bonds. The van der Waals surface area contributed by atoms with Crippen molar-refractivity contribution in [2.24, 2.45) is 0 Å². The van der Waals surface area contributed by atoms with Gasteiger partial charge in [-0.2, -0.15) is 0 Å². The lowest BCUT2D eigenvalue weighted by molar-refractivity contribution is 0.0955. The van der Waals surface area contributed by atoms with Gasteiger partial charge in [0, 0.05) is 12.1 Å². The second-order valence-electron chi connectivity index (χ2n) is 3.60. The molecule has 0 fully saturated rings. The maximum absolute atomic E-state index is 11.6. The summed E-state index contributed by atoms with van der Waals surface area (Å²) < 4.78 is 0. The number of amides is 1. The molecule has 14 heavy (non-hydrogen) atoms. The zero-order valence-corrected chi connectivity index (χ0v) is 8.08. The summed E-state index contributed by atoms with van der Waals surface area (Å²) in [7, 11) is 0. The third kappa shape index (κ3) is 1.40. The third-order valence-electron chi connectivity index (χ3n) is 2.59. The van der Waals surface area contributed by atoms with Crippen molar-refractivity contribution in [1.82, 2.24) is 5.32 Å². The normalized spacial score (nSPS) is 21.0. The van der Waals surface area contributed by atoms with Gasteiger partial charge in [-0.25, -0.2) is 0 Å². The van der Waals surface area contributed by atoms with E-state index in [1.165, 1.54) is 0 Å². The van der Waals surface area contributed by atoms with Gasteiger partial charge in [0.05, 0.1) is 6.10 Å². The van der Waals surface area contributed by atoms with Crippen molar-refractivity contribution in [3.63, 3.8) is 0 Å². The lowest BCUT2D eigenvalue weighted by Crippen LogP contribution is -2.23. The Morgan fingerprint density at radius 2 is 2.29 bits per heavy atom. The standard InChI is InChI=1S/C11H13NO2/c1-7-3-2-4-8-9(13)5-6-12-11(14)10(7)8/h2-4,9,13H,5-6H2,1H3,(H,12,14). The first kappa shape index (κ1) is 9.21. The molecule has 1 atom stereocenters. The fraction of sp³-hybridized carbons (Fsp3) is 0.364. The van der Waals surface area contributed by atoms with Gasteiger partial charge in [-0.15, -0.1) is 0 Å². The van der Waals surface area contributed by atoms with Gasteiger partial charge >= 0.3 is 0 Å². The quantitative estimate of drug-likeness (QED) is 0.646. The number of carbonyl (C=O) groups excluding carboxylic acids is 1. The largest absolute Gasteiger partial charge is 0.388 e. The smallest absolute Gasteiger partial charge is 0.251 e. The van der Waals surface area contributed by atoms with E-state index in [-0.39, 0.29) is 5.91 Å². The van der Waals surface area contributed by atoms with Crippen LogP contribution in [0.5, 0.6) is 0 Å². The molecular formula is C11H13NO2. The predicted octanol–water partition coefficient (Wildman–Crippen LogP) is 1.16. The van der Waals surface area contributed by atoms with Crippen LogP contribution in [0.2, 0.25) is 0 Å². The molecule has 1 aromatic carbocycles. The van der Waals surface area contributed by atoms with Crippen LogP contribution in [-0.2, 0) is 0 Å². The molecule has 2 rings (SSSR count). The Labute approximate surface area is 82.8 Å². The van der Waals surface area contributed by atoms with Gasteiger partial charge in [0.15, 0.2) is 0 Å². The third-order valence-corrected chi connectivity index (χ3v) is 2.59. The highest BCUT2D eigenvalue weighted by Gasteiger charge is 2.22. The van der Waals surface area contributed by atoms with Crippen LogP contribution in [0.25, 0.3) is 0 Å². The van der Waals surface area contributed by atoms with Crippen LogP contribution in [0.1, 0.15) is 34.0 Å². The molecule has 0 aromatic heterocycles. The van der Waals surface area contributed by atoms with Crippen LogP contribution >= 0.6 is 0 Å². The maximum atomic E-state index is 11.6. The fourth-order valence-corrected chi connectivity index (χ4v) is 1.84. The van der Waals surface area contributed by atoms with E-state index < -0.39 is 6.10 Å². The Kier molecular flexibility index (Phi) is 2.25. The van der Waals surface area contributed by atoms with E-state index in [4.69, 9.17) is 0 Å². The zero-order valence-electron chi connectivity index (χ0n) is 8.08. The highest BCUT2D eigenvalue weighted by atomic mass is 16.3. The number of benzene rings is 1. The molecule has 0 saturated carbocycles. The Bertz CT molecular complexity index is 374. The number of hydrogen-bond donors (Lipinski definition) is 2. The number of fused-ring (bicyclic) bond motifs is 1. The summed E-state index contributed by atoms with van der Waals surface area (Å²) in [4.78, 5) is 11.6. The molecular weight excluding hydrogens is 178 g/mol. The van der Waals surface area contributed by atoms with Gasteiger partial charge in [0.2, 0.25) is 0 Å². The van der Waals surface area contributed by atoms with Gasteiger partial charge in [-0.05, 0) is 24.5 Å². The van der Waals surface area contributed by atoms with Crippen LogP contribution in [0.15, 0.2) is 18.2 Å².